The number of carboxylic acid groups (broad SMARTS) is 1. The molecular weight excluding hydrogens is 524 g/mol. The van der Waals surface area contributed by atoms with Crippen molar-refractivity contribution in [2.24, 2.45) is 5.73 Å². The van der Waals surface area contributed by atoms with Crippen LogP contribution in [-0.4, -0.2) is 74.2 Å². The molecule has 0 spiro atoms. The molecule has 2 aliphatic rings. The summed E-state index contributed by atoms with van der Waals surface area (Å²) in [5.74, 6) is -2.75. The normalized spacial score (nSPS) is 19.6. The van der Waals surface area contributed by atoms with Crippen LogP contribution in [0.25, 0.3) is 5.57 Å². The van der Waals surface area contributed by atoms with Crippen molar-refractivity contribution < 1.29 is 38.6 Å². The van der Waals surface area contributed by atoms with Gasteiger partial charge in [-0.25, -0.2) is 14.6 Å². The number of esters is 1. The summed E-state index contributed by atoms with van der Waals surface area (Å²) in [4.78, 5) is 66.4. The van der Waals surface area contributed by atoms with Crippen molar-refractivity contribution >= 4 is 58.5 Å². The number of allylic oxidation sites excluding steroid dienone is 1. The van der Waals surface area contributed by atoms with Gasteiger partial charge in [0.15, 0.2) is 0 Å². The Labute approximate surface area is 221 Å². The standard InChI is InChI=1S/C23H28N4O8S2/c1-5-6-12(13-10-36-14(25-13)7-15(28)35-23(2,3)4)18(29)26-16-19(30)27-17(21(31)32)11(8-34-22(24)33)9-37-20(16)27/h6,10,16,20H,5,7-9H2,1-4H3,(H2,24,33)(H,26,29)(H,31,32)/b12-6-/t16-,20-/m1/s1. The molecule has 0 bridgehead atoms. The molecule has 0 aliphatic carbocycles. The van der Waals surface area contributed by atoms with Gasteiger partial charge in [0.05, 0.1) is 17.7 Å². The maximum Gasteiger partial charge on any atom is 0.404 e. The molecule has 2 atom stereocenters. The minimum absolute atomic E-state index is 0.0379. The van der Waals surface area contributed by atoms with Gasteiger partial charge in [-0.05, 0) is 27.2 Å². The van der Waals surface area contributed by atoms with Crippen molar-refractivity contribution in [3.63, 3.8) is 0 Å². The number of fused-ring (bicyclic) bond motifs is 1. The van der Waals surface area contributed by atoms with Crippen molar-refractivity contribution in [1.29, 1.82) is 0 Å². The lowest BCUT2D eigenvalue weighted by Gasteiger charge is -2.49. The number of nitrogens with two attached hydrogens (primary N) is 1. The average Bonchev–Trinajstić information content (AvgIpc) is 3.24. The monoisotopic (exact) mass is 552 g/mol. The van der Waals surface area contributed by atoms with Gasteiger partial charge in [-0.1, -0.05) is 13.0 Å². The Kier molecular flexibility index (Phi) is 8.64. The fraction of sp³-hybridized carbons (Fsp3) is 0.478. The first kappa shape index (κ1) is 28.2. The minimum atomic E-state index is -1.35. The van der Waals surface area contributed by atoms with E-state index in [4.69, 9.17) is 15.2 Å². The molecule has 12 nitrogen and oxygen atoms in total. The lowest BCUT2D eigenvalue weighted by Crippen LogP contribution is -2.70. The Balaban J connectivity index is 1.72. The summed E-state index contributed by atoms with van der Waals surface area (Å²) in [5.41, 5.74) is 4.89. The van der Waals surface area contributed by atoms with Gasteiger partial charge in [0.1, 0.15) is 34.3 Å². The SMILES string of the molecule is CC/C=C(\C(=O)N[C@@H]1C(=O)N2C(C(=O)O)=C(COC(N)=O)CS[C@H]12)c1csc(CC(=O)OC(C)(C)C)n1. The van der Waals surface area contributed by atoms with E-state index in [-0.39, 0.29) is 35.6 Å². The van der Waals surface area contributed by atoms with Crippen molar-refractivity contribution in [2.75, 3.05) is 12.4 Å². The Bertz CT molecular complexity index is 1180. The van der Waals surface area contributed by atoms with E-state index < -0.39 is 46.9 Å². The summed E-state index contributed by atoms with van der Waals surface area (Å²) in [7, 11) is 0. The lowest BCUT2D eigenvalue weighted by molar-refractivity contribution is -0.154. The lowest BCUT2D eigenvalue weighted by atomic mass is 10.0. The summed E-state index contributed by atoms with van der Waals surface area (Å²) in [6, 6.07) is -0.953. The van der Waals surface area contributed by atoms with Gasteiger partial charge < -0.3 is 25.6 Å². The van der Waals surface area contributed by atoms with Crippen molar-refractivity contribution in [3.05, 3.63) is 33.4 Å². The summed E-state index contributed by atoms with van der Waals surface area (Å²) < 4.78 is 10.0. The number of β-lactam (4-membered cyclic amide) rings is 1. The van der Waals surface area contributed by atoms with Crippen molar-refractivity contribution in [2.45, 2.75) is 57.6 Å². The van der Waals surface area contributed by atoms with Crippen LogP contribution in [-0.2, 0) is 35.1 Å². The molecule has 1 fully saturated rings. The molecule has 1 saturated heterocycles. The number of rotatable bonds is 9. The van der Waals surface area contributed by atoms with Gasteiger partial charge in [-0.2, -0.15) is 0 Å². The van der Waals surface area contributed by atoms with Gasteiger partial charge >= 0.3 is 18.0 Å². The highest BCUT2D eigenvalue weighted by Gasteiger charge is 2.54. The van der Waals surface area contributed by atoms with Crippen LogP contribution in [0.1, 0.15) is 44.8 Å². The van der Waals surface area contributed by atoms with E-state index in [1.165, 1.54) is 23.1 Å². The number of carboxylic acids is 1. The number of nitrogens with one attached hydrogen (secondary N) is 1. The van der Waals surface area contributed by atoms with Crippen LogP contribution >= 0.6 is 23.1 Å². The zero-order valence-corrected chi connectivity index (χ0v) is 22.4. The second-order valence-corrected chi connectivity index (χ2v) is 11.2. The third-order valence-corrected chi connectivity index (χ3v) is 7.31. The Morgan fingerprint density at radius 1 is 1.32 bits per heavy atom. The van der Waals surface area contributed by atoms with E-state index >= 15 is 0 Å². The van der Waals surface area contributed by atoms with Gasteiger partial charge in [0.25, 0.3) is 11.8 Å². The zero-order chi connectivity index (χ0) is 27.5. The number of hydrogen-bond donors (Lipinski definition) is 3. The van der Waals surface area contributed by atoms with Crippen LogP contribution in [0.15, 0.2) is 22.7 Å². The number of carbonyl (C=O) groups is 5. The van der Waals surface area contributed by atoms with Gasteiger partial charge in [-0.3, -0.25) is 19.3 Å². The van der Waals surface area contributed by atoms with Crippen LogP contribution in [0.2, 0.25) is 0 Å². The minimum Gasteiger partial charge on any atom is -0.477 e. The van der Waals surface area contributed by atoms with E-state index in [1.807, 2.05) is 6.92 Å². The molecule has 3 amide bonds. The number of carbonyl (C=O) groups excluding carboxylic acids is 4. The Morgan fingerprint density at radius 2 is 2.03 bits per heavy atom. The number of amides is 3. The van der Waals surface area contributed by atoms with E-state index in [1.54, 1.807) is 32.2 Å². The molecule has 0 saturated carbocycles. The van der Waals surface area contributed by atoms with E-state index in [0.717, 1.165) is 4.90 Å². The highest BCUT2D eigenvalue weighted by atomic mass is 32.2. The van der Waals surface area contributed by atoms with Crippen molar-refractivity contribution in [3.8, 4) is 0 Å². The topological polar surface area (TPSA) is 178 Å². The molecule has 3 heterocycles. The molecule has 4 N–H and O–H groups in total. The van der Waals surface area contributed by atoms with Gasteiger partial charge in [-0.15, -0.1) is 23.1 Å². The van der Waals surface area contributed by atoms with Gasteiger partial charge in [0.2, 0.25) is 0 Å². The maximum absolute atomic E-state index is 13.1. The van der Waals surface area contributed by atoms with Crippen LogP contribution in [0.3, 0.4) is 0 Å². The fourth-order valence-corrected chi connectivity index (χ4v) is 5.81. The zero-order valence-electron chi connectivity index (χ0n) is 20.7. The van der Waals surface area contributed by atoms with Crippen LogP contribution < -0.4 is 11.1 Å². The molecule has 0 aromatic carbocycles. The van der Waals surface area contributed by atoms with Crippen LogP contribution in [0.4, 0.5) is 4.79 Å². The molecule has 0 unspecified atom stereocenters. The molecular formula is C23H28N4O8S2. The summed E-state index contributed by atoms with van der Waals surface area (Å²) >= 11 is 2.45. The van der Waals surface area contributed by atoms with Crippen molar-refractivity contribution in [1.82, 2.24) is 15.2 Å². The third kappa shape index (κ3) is 6.68. The molecule has 200 valence electrons. The van der Waals surface area contributed by atoms with Gasteiger partial charge in [0, 0.05) is 16.7 Å². The largest absolute Gasteiger partial charge is 0.477 e. The predicted octanol–water partition coefficient (Wildman–Crippen LogP) is 1.65. The number of aromatic nitrogens is 1. The fourth-order valence-electron chi connectivity index (χ4n) is 3.71. The highest BCUT2D eigenvalue weighted by molar-refractivity contribution is 8.00. The number of primary amides is 1. The predicted molar refractivity (Wildman–Crippen MR) is 135 cm³/mol. The molecule has 2 aliphatic heterocycles. The highest BCUT2D eigenvalue weighted by Crippen LogP contribution is 2.40. The number of hydrogen-bond acceptors (Lipinski definition) is 10. The molecule has 0 radical (unpaired) electrons. The first-order valence-electron chi connectivity index (χ1n) is 11.3. The number of thiazole rings is 1. The Hall–Kier alpha value is -3.39. The second-order valence-electron chi connectivity index (χ2n) is 9.14. The third-order valence-electron chi connectivity index (χ3n) is 5.12. The quantitative estimate of drug-likeness (QED) is 0.232. The summed E-state index contributed by atoms with van der Waals surface area (Å²) in [6.45, 7) is 6.79. The second kappa shape index (κ2) is 11.3. The molecule has 37 heavy (non-hydrogen) atoms. The van der Waals surface area contributed by atoms with E-state index in [0.29, 0.717) is 17.1 Å². The molecule has 14 heteroatoms. The Morgan fingerprint density at radius 3 is 2.62 bits per heavy atom. The number of thioether (sulfide) groups is 1. The maximum atomic E-state index is 13.1. The number of ether oxygens (including phenoxy) is 2. The first-order valence-corrected chi connectivity index (χ1v) is 13.2. The number of aliphatic carboxylic acids is 1. The smallest absolute Gasteiger partial charge is 0.404 e. The van der Waals surface area contributed by atoms with Crippen LogP contribution in [0.5, 0.6) is 0 Å². The van der Waals surface area contributed by atoms with E-state index in [2.05, 4.69) is 10.3 Å². The summed E-state index contributed by atoms with van der Waals surface area (Å²) in [5, 5.41) is 13.8. The van der Waals surface area contributed by atoms with Crippen LogP contribution in [0, 0.1) is 0 Å². The molecule has 3 rings (SSSR count). The first-order chi connectivity index (χ1) is 17.3. The molecule has 1 aromatic heterocycles. The van der Waals surface area contributed by atoms with E-state index in [9.17, 15) is 29.1 Å². The summed E-state index contributed by atoms with van der Waals surface area (Å²) in [6.07, 6.45) is 1.08. The number of nitrogens with zero attached hydrogens (tertiary/aromatic N) is 2. The average molecular weight is 553 g/mol. The molecule has 1 aromatic rings.